The minimum atomic E-state index is -0.970. The van der Waals surface area contributed by atoms with Gasteiger partial charge in [-0.05, 0) is 89.4 Å². The van der Waals surface area contributed by atoms with Crippen LogP contribution in [0.1, 0.15) is 51.4 Å². The fourth-order valence-electron chi connectivity index (χ4n) is 7.64. The molecule has 7 fully saturated rings. The highest BCUT2D eigenvalue weighted by atomic mass is 16.4. The van der Waals surface area contributed by atoms with Crippen LogP contribution in [-0.4, -0.2) is 95.1 Å². The smallest absolute Gasteiger partial charge is 0.326 e. The van der Waals surface area contributed by atoms with E-state index in [0.717, 1.165) is 65.0 Å². The average Bonchev–Trinajstić information content (AvgIpc) is 2.91. The van der Waals surface area contributed by atoms with Crippen LogP contribution < -0.4 is 10.6 Å². The van der Waals surface area contributed by atoms with Crippen molar-refractivity contribution in [2.75, 3.05) is 39.3 Å². The fourth-order valence-corrected chi connectivity index (χ4v) is 7.64. The van der Waals surface area contributed by atoms with Crippen LogP contribution in [0.2, 0.25) is 0 Å². The van der Waals surface area contributed by atoms with Gasteiger partial charge >= 0.3 is 11.9 Å². The number of nitrogens with zero attached hydrogens (tertiary/aromatic N) is 2. The molecule has 4 N–H and O–H groups in total. The second-order valence-corrected chi connectivity index (χ2v) is 11.8. The second-order valence-electron chi connectivity index (χ2n) is 11.8. The molecule has 1 aliphatic carbocycles. The first kappa shape index (κ1) is 25.4. The van der Waals surface area contributed by atoms with E-state index >= 15 is 0 Å². The number of carboxylic acid groups (broad SMARTS) is 2. The van der Waals surface area contributed by atoms with Crippen LogP contribution in [0.4, 0.5) is 0 Å². The molecule has 6 saturated heterocycles. The van der Waals surface area contributed by atoms with Crippen LogP contribution in [0, 0.1) is 35.5 Å². The molecule has 6 heterocycles. The van der Waals surface area contributed by atoms with Crippen molar-refractivity contribution in [1.29, 1.82) is 0 Å². The van der Waals surface area contributed by atoms with Gasteiger partial charge in [-0.1, -0.05) is 0 Å². The SMILES string of the molecule is O=C(O)C(NC(=O)[C@H]1CC[C@H](C(=O)NC(C(=O)O)[C@H]2CN3CCC2CC3)CC1)[C@H]1CN2CCC1CC2. The zero-order valence-electron chi connectivity index (χ0n) is 20.9. The zero-order valence-corrected chi connectivity index (χ0v) is 20.9. The summed E-state index contributed by atoms with van der Waals surface area (Å²) in [4.78, 5) is 54.7. The Balaban J connectivity index is 1.13. The van der Waals surface area contributed by atoms with Crippen LogP contribution >= 0.6 is 0 Å². The number of nitrogens with one attached hydrogen (secondary N) is 2. The largest absolute Gasteiger partial charge is 0.480 e. The fraction of sp³-hybridized carbons (Fsp3) is 0.846. The Morgan fingerprint density at radius 1 is 0.583 bits per heavy atom. The quantitative estimate of drug-likeness (QED) is 0.377. The van der Waals surface area contributed by atoms with Gasteiger partial charge in [0.2, 0.25) is 11.8 Å². The van der Waals surface area contributed by atoms with E-state index < -0.39 is 24.0 Å². The van der Waals surface area contributed by atoms with Crippen LogP contribution in [0.25, 0.3) is 0 Å². The van der Waals surface area contributed by atoms with E-state index in [1.165, 1.54) is 0 Å². The summed E-state index contributed by atoms with van der Waals surface area (Å²) in [6.45, 7) is 5.48. The summed E-state index contributed by atoms with van der Waals surface area (Å²) in [5, 5.41) is 25.4. The Labute approximate surface area is 212 Å². The molecule has 4 bridgehead atoms. The van der Waals surface area contributed by atoms with Crippen molar-refractivity contribution in [2.24, 2.45) is 35.5 Å². The van der Waals surface area contributed by atoms with Crippen molar-refractivity contribution in [1.82, 2.24) is 20.4 Å². The van der Waals surface area contributed by atoms with Crippen LogP contribution in [-0.2, 0) is 19.2 Å². The first-order chi connectivity index (χ1) is 17.3. The van der Waals surface area contributed by atoms with Gasteiger partial charge in [0.15, 0.2) is 0 Å². The van der Waals surface area contributed by atoms with E-state index in [4.69, 9.17) is 0 Å². The summed E-state index contributed by atoms with van der Waals surface area (Å²) in [7, 11) is 0. The Kier molecular flexibility index (Phi) is 7.53. The molecule has 0 aromatic rings. The van der Waals surface area contributed by atoms with Gasteiger partial charge < -0.3 is 30.6 Å². The van der Waals surface area contributed by atoms with Gasteiger partial charge in [-0.3, -0.25) is 9.59 Å². The van der Waals surface area contributed by atoms with E-state index in [0.29, 0.717) is 37.5 Å². The number of carboxylic acids is 2. The molecule has 6 aliphatic heterocycles. The summed E-state index contributed by atoms with van der Waals surface area (Å²) in [5.41, 5.74) is 0. The Hall–Kier alpha value is -2.20. The monoisotopic (exact) mass is 504 g/mol. The summed E-state index contributed by atoms with van der Waals surface area (Å²) in [6, 6.07) is -1.74. The molecule has 0 aromatic heterocycles. The highest BCUT2D eigenvalue weighted by molar-refractivity contribution is 5.87. The molecular formula is C26H40N4O6. The number of aliphatic carboxylic acids is 2. The molecule has 1 saturated carbocycles. The minimum absolute atomic E-state index is 0.0598. The third kappa shape index (κ3) is 5.25. The third-order valence-electron chi connectivity index (χ3n) is 9.87. The molecule has 7 aliphatic rings. The maximum absolute atomic E-state index is 13.0. The van der Waals surface area contributed by atoms with Crippen LogP contribution in [0.3, 0.4) is 0 Å². The van der Waals surface area contributed by atoms with E-state index in [2.05, 4.69) is 20.4 Å². The van der Waals surface area contributed by atoms with Crippen molar-refractivity contribution >= 4 is 23.8 Å². The predicted octanol–water partition coefficient (Wildman–Crippen LogP) is 0.615. The third-order valence-corrected chi connectivity index (χ3v) is 9.87. The van der Waals surface area contributed by atoms with E-state index in [1.54, 1.807) is 0 Å². The molecule has 4 atom stereocenters. The number of rotatable bonds is 8. The normalized spacial score (nSPS) is 39.1. The zero-order chi connectivity index (χ0) is 25.4. The number of carbonyl (C=O) groups is 4. The van der Waals surface area contributed by atoms with Crippen molar-refractivity contribution < 1.29 is 29.4 Å². The number of fused-ring (bicyclic) bond motifs is 6. The molecular weight excluding hydrogens is 464 g/mol. The van der Waals surface area contributed by atoms with E-state index in [-0.39, 0.29) is 35.5 Å². The number of carbonyl (C=O) groups excluding carboxylic acids is 2. The Morgan fingerprint density at radius 3 is 1.17 bits per heavy atom. The molecule has 0 aromatic carbocycles. The summed E-state index contributed by atoms with van der Waals surface area (Å²) in [6.07, 6.45) is 5.98. The maximum atomic E-state index is 13.0. The molecule has 200 valence electrons. The van der Waals surface area contributed by atoms with Gasteiger partial charge in [-0.25, -0.2) is 9.59 Å². The Bertz CT molecular complexity index is 788. The molecule has 10 heteroatoms. The molecule has 0 radical (unpaired) electrons. The standard InChI is InChI=1S/C26H40N4O6/c31-23(27-21(25(33)34)19-13-29-9-5-15(19)6-10-29)17-1-2-18(4-3-17)24(32)28-22(26(35)36)20-14-30-11-7-16(20)8-12-30/h15-22H,1-14H2,(H,27,31)(H,28,32)(H,33,34)(H,35,36)/t17-,18-,19-,20-,21?,22?/m0/s1. The summed E-state index contributed by atoms with van der Waals surface area (Å²) < 4.78 is 0. The van der Waals surface area contributed by atoms with Crippen molar-refractivity contribution in [3.8, 4) is 0 Å². The van der Waals surface area contributed by atoms with Crippen LogP contribution in [0.5, 0.6) is 0 Å². The maximum Gasteiger partial charge on any atom is 0.326 e. The molecule has 36 heavy (non-hydrogen) atoms. The van der Waals surface area contributed by atoms with Gasteiger partial charge in [0.05, 0.1) is 0 Å². The first-order valence-electron chi connectivity index (χ1n) is 13.8. The Morgan fingerprint density at radius 2 is 0.917 bits per heavy atom. The number of piperidine rings is 6. The number of hydrogen-bond donors (Lipinski definition) is 4. The van der Waals surface area contributed by atoms with E-state index in [9.17, 15) is 29.4 Å². The van der Waals surface area contributed by atoms with E-state index in [1.807, 2.05) is 0 Å². The first-order valence-corrected chi connectivity index (χ1v) is 13.8. The van der Waals surface area contributed by atoms with Gasteiger partial charge in [0.25, 0.3) is 0 Å². The topological polar surface area (TPSA) is 139 Å². The van der Waals surface area contributed by atoms with Crippen molar-refractivity contribution in [3.05, 3.63) is 0 Å². The minimum Gasteiger partial charge on any atom is -0.480 e. The lowest BCUT2D eigenvalue weighted by Crippen LogP contribution is -2.59. The van der Waals surface area contributed by atoms with Crippen molar-refractivity contribution in [3.63, 3.8) is 0 Å². The number of hydrogen-bond acceptors (Lipinski definition) is 6. The number of amides is 2. The highest BCUT2D eigenvalue weighted by Gasteiger charge is 2.44. The molecule has 0 spiro atoms. The lowest BCUT2D eigenvalue weighted by Gasteiger charge is -2.47. The summed E-state index contributed by atoms with van der Waals surface area (Å²) >= 11 is 0. The molecule has 2 unspecified atom stereocenters. The van der Waals surface area contributed by atoms with Gasteiger partial charge in [0.1, 0.15) is 12.1 Å². The van der Waals surface area contributed by atoms with Crippen LogP contribution in [0.15, 0.2) is 0 Å². The second kappa shape index (κ2) is 10.7. The van der Waals surface area contributed by atoms with Crippen molar-refractivity contribution in [2.45, 2.75) is 63.5 Å². The molecule has 10 nitrogen and oxygen atoms in total. The summed E-state index contributed by atoms with van der Waals surface area (Å²) in [5.74, 6) is -2.45. The van der Waals surface area contributed by atoms with Gasteiger partial charge in [-0.15, -0.1) is 0 Å². The predicted molar refractivity (Wildman–Crippen MR) is 130 cm³/mol. The lowest BCUT2D eigenvalue weighted by molar-refractivity contribution is -0.148. The molecule has 2 amide bonds. The van der Waals surface area contributed by atoms with Gasteiger partial charge in [0, 0.05) is 36.8 Å². The highest BCUT2D eigenvalue weighted by Crippen LogP contribution is 2.37. The van der Waals surface area contributed by atoms with Gasteiger partial charge in [-0.2, -0.15) is 0 Å². The average molecular weight is 505 g/mol. The lowest BCUT2D eigenvalue weighted by atomic mass is 9.74. The molecule has 7 rings (SSSR count).